The second kappa shape index (κ2) is 7.90. The van der Waals surface area contributed by atoms with Crippen LogP contribution in [0.5, 0.6) is 5.75 Å². The molecule has 0 atom stereocenters. The third-order valence-corrected chi connectivity index (χ3v) is 2.46. The smallest absolute Gasteiger partial charge is 0.273 e. The molecule has 0 fully saturated rings. The van der Waals surface area contributed by atoms with Crippen molar-refractivity contribution in [2.75, 3.05) is 26.3 Å². The van der Waals surface area contributed by atoms with Crippen LogP contribution in [-0.4, -0.2) is 47.1 Å². The fourth-order valence-corrected chi connectivity index (χ4v) is 1.52. The van der Waals surface area contributed by atoms with Crippen molar-refractivity contribution in [3.05, 3.63) is 47.0 Å². The molecule has 7 heteroatoms. The quantitative estimate of drug-likeness (QED) is 0.435. The number of aliphatic hydroxyl groups excluding tert-OH is 1. The maximum absolute atomic E-state index is 11.8. The highest BCUT2D eigenvalue weighted by molar-refractivity contribution is 5.78. The molecule has 0 aliphatic heterocycles. The first kappa shape index (κ1) is 15.6. The van der Waals surface area contributed by atoms with E-state index in [4.69, 9.17) is 9.84 Å². The molecule has 0 saturated heterocycles. The summed E-state index contributed by atoms with van der Waals surface area (Å²) in [5.74, 6) is -0.0828. The molecule has 0 aromatic heterocycles. The Labute approximate surface area is 116 Å². The molecular formula is C13H16N2O5. The Morgan fingerprint density at radius 3 is 2.90 bits per heavy atom. The van der Waals surface area contributed by atoms with Crippen molar-refractivity contribution in [1.29, 1.82) is 0 Å². The molecule has 0 unspecified atom stereocenters. The van der Waals surface area contributed by atoms with E-state index in [1.54, 1.807) is 6.08 Å². The van der Waals surface area contributed by atoms with Crippen LogP contribution in [-0.2, 0) is 4.79 Å². The van der Waals surface area contributed by atoms with Gasteiger partial charge in [0.05, 0.1) is 17.6 Å². The highest BCUT2D eigenvalue weighted by Crippen LogP contribution is 2.18. The number of carbonyl (C=O) groups is 1. The van der Waals surface area contributed by atoms with E-state index in [0.29, 0.717) is 6.54 Å². The summed E-state index contributed by atoms with van der Waals surface area (Å²) < 4.78 is 5.22. The Bertz CT molecular complexity index is 489. The molecule has 1 N–H and O–H groups in total. The molecule has 0 aliphatic carbocycles. The van der Waals surface area contributed by atoms with Crippen LogP contribution in [0.1, 0.15) is 0 Å². The first-order valence-electron chi connectivity index (χ1n) is 5.95. The van der Waals surface area contributed by atoms with Crippen LogP contribution >= 0.6 is 0 Å². The number of nitro groups is 1. The Morgan fingerprint density at radius 2 is 2.30 bits per heavy atom. The summed E-state index contributed by atoms with van der Waals surface area (Å²) in [4.78, 5) is 23.3. The van der Waals surface area contributed by atoms with Crippen LogP contribution < -0.4 is 4.74 Å². The molecule has 0 spiro atoms. The summed E-state index contributed by atoms with van der Waals surface area (Å²) in [5.41, 5.74) is -0.103. The van der Waals surface area contributed by atoms with E-state index in [-0.39, 0.29) is 37.1 Å². The maximum Gasteiger partial charge on any atom is 0.273 e. The van der Waals surface area contributed by atoms with Crippen LogP contribution in [0.3, 0.4) is 0 Å². The van der Waals surface area contributed by atoms with Crippen LogP contribution in [0.15, 0.2) is 36.9 Å². The average molecular weight is 280 g/mol. The minimum Gasteiger partial charge on any atom is -0.484 e. The van der Waals surface area contributed by atoms with Gasteiger partial charge in [0.25, 0.3) is 11.6 Å². The minimum absolute atomic E-state index is 0.103. The van der Waals surface area contributed by atoms with Gasteiger partial charge in [0, 0.05) is 19.2 Å². The van der Waals surface area contributed by atoms with E-state index >= 15 is 0 Å². The lowest BCUT2D eigenvalue weighted by molar-refractivity contribution is -0.384. The van der Waals surface area contributed by atoms with Crippen LogP contribution in [0.2, 0.25) is 0 Å². The van der Waals surface area contributed by atoms with Crippen LogP contribution in [0.4, 0.5) is 5.69 Å². The molecule has 0 heterocycles. The summed E-state index contributed by atoms with van der Waals surface area (Å²) in [6.07, 6.45) is 1.54. The van der Waals surface area contributed by atoms with Gasteiger partial charge in [-0.1, -0.05) is 12.1 Å². The number of aliphatic hydroxyl groups is 1. The van der Waals surface area contributed by atoms with Crippen LogP contribution in [0, 0.1) is 10.1 Å². The zero-order valence-corrected chi connectivity index (χ0v) is 10.9. The molecule has 7 nitrogen and oxygen atoms in total. The second-order valence-electron chi connectivity index (χ2n) is 3.90. The van der Waals surface area contributed by atoms with E-state index < -0.39 is 4.92 Å². The Balaban J connectivity index is 2.61. The Morgan fingerprint density at radius 1 is 1.55 bits per heavy atom. The molecule has 0 radical (unpaired) electrons. The number of non-ortho nitro benzene ring substituents is 1. The first-order valence-corrected chi connectivity index (χ1v) is 5.95. The standard InChI is InChI=1S/C13H16N2O5/c1-2-6-14(7-8-16)13(17)10-20-12-5-3-4-11(9-12)15(18)19/h2-5,9,16H,1,6-8,10H2. The van der Waals surface area contributed by atoms with Gasteiger partial charge in [0.2, 0.25) is 0 Å². The number of rotatable bonds is 8. The fraction of sp³-hybridized carbons (Fsp3) is 0.308. The average Bonchev–Trinajstić information content (AvgIpc) is 2.45. The molecule has 0 bridgehead atoms. The van der Waals surface area contributed by atoms with Crippen molar-refractivity contribution in [2.24, 2.45) is 0 Å². The zero-order chi connectivity index (χ0) is 15.0. The molecule has 108 valence electrons. The summed E-state index contributed by atoms with van der Waals surface area (Å²) in [6.45, 7) is 3.60. The lowest BCUT2D eigenvalue weighted by Crippen LogP contribution is -2.37. The van der Waals surface area contributed by atoms with Gasteiger partial charge < -0.3 is 14.7 Å². The van der Waals surface area contributed by atoms with Gasteiger partial charge in [0.15, 0.2) is 6.61 Å². The molecule has 1 aromatic rings. The van der Waals surface area contributed by atoms with Crippen molar-refractivity contribution in [3.8, 4) is 5.75 Å². The summed E-state index contributed by atoms with van der Waals surface area (Å²) in [5, 5.41) is 19.5. The van der Waals surface area contributed by atoms with Gasteiger partial charge in [-0.2, -0.15) is 0 Å². The summed E-state index contributed by atoms with van der Waals surface area (Å²) in [7, 11) is 0. The number of nitrogens with zero attached hydrogens (tertiary/aromatic N) is 2. The van der Waals surface area contributed by atoms with Gasteiger partial charge in [-0.3, -0.25) is 14.9 Å². The largest absolute Gasteiger partial charge is 0.484 e. The van der Waals surface area contributed by atoms with E-state index in [9.17, 15) is 14.9 Å². The summed E-state index contributed by atoms with van der Waals surface area (Å²) >= 11 is 0. The molecule has 20 heavy (non-hydrogen) atoms. The normalized spacial score (nSPS) is 9.85. The van der Waals surface area contributed by atoms with Gasteiger partial charge in [-0.25, -0.2) is 0 Å². The van der Waals surface area contributed by atoms with Gasteiger partial charge in [-0.05, 0) is 6.07 Å². The number of nitro benzene ring substituents is 1. The molecule has 1 amide bonds. The number of ether oxygens (including phenoxy) is 1. The third kappa shape index (κ3) is 4.69. The third-order valence-electron chi connectivity index (χ3n) is 2.46. The van der Waals surface area contributed by atoms with Gasteiger partial charge in [0.1, 0.15) is 5.75 Å². The van der Waals surface area contributed by atoms with E-state index in [1.165, 1.54) is 29.2 Å². The Kier molecular flexibility index (Phi) is 6.18. The number of hydrogen-bond donors (Lipinski definition) is 1. The lowest BCUT2D eigenvalue weighted by atomic mass is 10.3. The van der Waals surface area contributed by atoms with Crippen molar-refractivity contribution in [1.82, 2.24) is 4.90 Å². The van der Waals surface area contributed by atoms with Gasteiger partial charge in [-0.15, -0.1) is 6.58 Å². The molecule has 1 aromatic carbocycles. The predicted molar refractivity (Wildman–Crippen MR) is 72.5 cm³/mol. The fourth-order valence-electron chi connectivity index (χ4n) is 1.52. The minimum atomic E-state index is -0.537. The molecule has 0 aliphatic rings. The first-order chi connectivity index (χ1) is 9.58. The van der Waals surface area contributed by atoms with E-state index in [1.807, 2.05) is 0 Å². The SMILES string of the molecule is C=CCN(CCO)C(=O)COc1cccc([N+](=O)[O-])c1. The topological polar surface area (TPSA) is 92.9 Å². The van der Waals surface area contributed by atoms with Gasteiger partial charge >= 0.3 is 0 Å². The van der Waals surface area contributed by atoms with E-state index in [0.717, 1.165) is 0 Å². The van der Waals surface area contributed by atoms with Crippen LogP contribution in [0.25, 0.3) is 0 Å². The zero-order valence-electron chi connectivity index (χ0n) is 10.9. The number of carbonyl (C=O) groups excluding carboxylic acids is 1. The Hall–Kier alpha value is -2.41. The van der Waals surface area contributed by atoms with Crippen molar-refractivity contribution in [3.63, 3.8) is 0 Å². The van der Waals surface area contributed by atoms with Crippen molar-refractivity contribution < 1.29 is 19.6 Å². The highest BCUT2D eigenvalue weighted by atomic mass is 16.6. The number of amides is 1. The second-order valence-corrected chi connectivity index (χ2v) is 3.90. The summed E-state index contributed by atoms with van der Waals surface area (Å²) in [6, 6.07) is 5.60. The monoisotopic (exact) mass is 280 g/mol. The van der Waals surface area contributed by atoms with Crippen molar-refractivity contribution in [2.45, 2.75) is 0 Å². The molecular weight excluding hydrogens is 264 g/mol. The predicted octanol–water partition coefficient (Wildman–Crippen LogP) is 0.980. The number of benzene rings is 1. The molecule has 0 saturated carbocycles. The lowest BCUT2D eigenvalue weighted by Gasteiger charge is -2.19. The van der Waals surface area contributed by atoms with E-state index in [2.05, 4.69) is 6.58 Å². The number of hydrogen-bond acceptors (Lipinski definition) is 5. The highest BCUT2D eigenvalue weighted by Gasteiger charge is 2.13. The maximum atomic E-state index is 11.8. The van der Waals surface area contributed by atoms with Crippen molar-refractivity contribution >= 4 is 11.6 Å². The molecule has 1 rings (SSSR count).